The molecule has 1 rings (SSSR count). The molecule has 0 aliphatic carbocycles. The van der Waals surface area contributed by atoms with Gasteiger partial charge in [-0.25, -0.2) is 4.79 Å². The highest BCUT2D eigenvalue weighted by molar-refractivity contribution is 5.89. The van der Waals surface area contributed by atoms with Crippen molar-refractivity contribution in [2.24, 2.45) is 0 Å². The number of carbonyl (C=O) groups excluding carboxylic acids is 1. The van der Waals surface area contributed by atoms with E-state index in [0.717, 1.165) is 0 Å². The van der Waals surface area contributed by atoms with Gasteiger partial charge in [0, 0.05) is 31.0 Å². The molecule has 0 fully saturated rings. The van der Waals surface area contributed by atoms with Gasteiger partial charge in [0.2, 0.25) is 0 Å². The number of urea groups is 1. The second-order valence-electron chi connectivity index (χ2n) is 4.81. The predicted molar refractivity (Wildman–Crippen MR) is 85.9 cm³/mol. The van der Waals surface area contributed by atoms with E-state index in [1.54, 1.807) is 36.1 Å². The maximum atomic E-state index is 11.5. The fourth-order valence-corrected chi connectivity index (χ4v) is 1.95. The van der Waals surface area contributed by atoms with Gasteiger partial charge in [0.1, 0.15) is 0 Å². The summed E-state index contributed by atoms with van der Waals surface area (Å²) in [5.41, 5.74) is 1.20. The first-order chi connectivity index (χ1) is 10.9. The molecular weight excluding hydrogens is 302 g/mol. The summed E-state index contributed by atoms with van der Waals surface area (Å²) in [6, 6.07) is 6.50. The van der Waals surface area contributed by atoms with Gasteiger partial charge in [0.05, 0.1) is 12.8 Å². The third-order valence-corrected chi connectivity index (χ3v) is 3.00. The molecule has 0 aliphatic rings. The highest BCUT2D eigenvalue weighted by Gasteiger charge is 2.12. The summed E-state index contributed by atoms with van der Waals surface area (Å²) in [5.74, 6) is -1.91. The molecule has 0 saturated carbocycles. The van der Waals surface area contributed by atoms with Gasteiger partial charge >= 0.3 is 18.0 Å². The Hall–Kier alpha value is -2.77. The van der Waals surface area contributed by atoms with E-state index in [2.05, 4.69) is 10.6 Å². The fourth-order valence-electron chi connectivity index (χ4n) is 1.95. The highest BCUT2D eigenvalue weighted by Crippen LogP contribution is 2.20. The molecule has 0 radical (unpaired) electrons. The summed E-state index contributed by atoms with van der Waals surface area (Å²) in [6.45, 7) is 2.67. The number of nitrogens with one attached hydrogen (secondary N) is 2. The Morgan fingerprint density at radius 3 is 2.22 bits per heavy atom. The molecule has 8 nitrogen and oxygen atoms in total. The molecule has 0 spiro atoms. The molecule has 4 N–H and O–H groups in total. The molecule has 0 unspecified atom stereocenters. The summed E-state index contributed by atoms with van der Waals surface area (Å²) < 4.78 is 0. The van der Waals surface area contributed by atoms with Crippen molar-refractivity contribution in [3.63, 3.8) is 0 Å². The Labute approximate surface area is 134 Å². The van der Waals surface area contributed by atoms with Gasteiger partial charge < -0.3 is 25.7 Å². The van der Waals surface area contributed by atoms with Gasteiger partial charge in [-0.1, -0.05) is 6.07 Å². The minimum atomic E-state index is -0.957. The van der Waals surface area contributed by atoms with Crippen LogP contribution in [0, 0.1) is 0 Å². The van der Waals surface area contributed by atoms with E-state index in [1.807, 2.05) is 0 Å². The van der Waals surface area contributed by atoms with Crippen LogP contribution in [-0.4, -0.2) is 47.8 Å². The van der Waals surface area contributed by atoms with Crippen LogP contribution in [0.3, 0.4) is 0 Å². The van der Waals surface area contributed by atoms with E-state index in [-0.39, 0.29) is 32.0 Å². The molecule has 8 heteroatoms. The van der Waals surface area contributed by atoms with E-state index in [4.69, 9.17) is 10.2 Å². The molecule has 0 atom stereocenters. The maximum absolute atomic E-state index is 11.5. The first-order valence-corrected chi connectivity index (χ1v) is 7.25. The van der Waals surface area contributed by atoms with Crippen LogP contribution < -0.4 is 15.5 Å². The van der Waals surface area contributed by atoms with E-state index in [1.165, 1.54) is 0 Å². The molecule has 0 heterocycles. The number of anilines is 2. The normalized spacial score (nSPS) is 9.96. The molecule has 23 heavy (non-hydrogen) atoms. The van der Waals surface area contributed by atoms with Crippen molar-refractivity contribution in [3.8, 4) is 0 Å². The maximum Gasteiger partial charge on any atom is 0.319 e. The number of hydrogen-bond acceptors (Lipinski definition) is 4. The van der Waals surface area contributed by atoms with E-state index >= 15 is 0 Å². The molecular formula is C15H21N3O5. The second kappa shape index (κ2) is 9.29. The van der Waals surface area contributed by atoms with Crippen molar-refractivity contribution < 1.29 is 24.6 Å². The molecule has 0 aliphatic heterocycles. The fraction of sp³-hybridized carbons (Fsp3) is 0.400. The van der Waals surface area contributed by atoms with Crippen molar-refractivity contribution in [1.82, 2.24) is 5.32 Å². The quantitative estimate of drug-likeness (QED) is 0.548. The number of carboxylic acid groups (broad SMARTS) is 2. The molecule has 2 amide bonds. The summed E-state index contributed by atoms with van der Waals surface area (Å²) in [7, 11) is 0. The zero-order chi connectivity index (χ0) is 17.2. The Bertz CT molecular complexity index is 544. The zero-order valence-corrected chi connectivity index (χ0v) is 12.9. The Balaban J connectivity index is 2.84. The average Bonchev–Trinajstić information content (AvgIpc) is 2.47. The largest absolute Gasteiger partial charge is 0.481 e. The Morgan fingerprint density at radius 1 is 1.09 bits per heavy atom. The summed E-state index contributed by atoms with van der Waals surface area (Å²) >= 11 is 0. The lowest BCUT2D eigenvalue weighted by molar-refractivity contribution is -0.137. The SMILES string of the molecule is CCNC(=O)Nc1cccc(N(CCC(=O)O)CCC(=O)O)c1. The molecule has 1 aromatic rings. The molecule has 1 aromatic carbocycles. The third kappa shape index (κ3) is 7.16. The smallest absolute Gasteiger partial charge is 0.319 e. The number of nitrogens with zero attached hydrogens (tertiary/aromatic N) is 1. The molecule has 0 aromatic heterocycles. The number of carboxylic acids is 2. The van der Waals surface area contributed by atoms with Crippen LogP contribution in [0.4, 0.5) is 16.2 Å². The van der Waals surface area contributed by atoms with E-state index in [9.17, 15) is 14.4 Å². The second-order valence-corrected chi connectivity index (χ2v) is 4.81. The van der Waals surface area contributed by atoms with Gasteiger partial charge in [-0.05, 0) is 25.1 Å². The lowest BCUT2D eigenvalue weighted by Crippen LogP contribution is -2.30. The zero-order valence-electron chi connectivity index (χ0n) is 12.9. The molecule has 0 bridgehead atoms. The van der Waals surface area contributed by atoms with Crippen molar-refractivity contribution in [2.45, 2.75) is 19.8 Å². The summed E-state index contributed by atoms with van der Waals surface area (Å²) in [6.07, 6.45) is -0.207. The third-order valence-electron chi connectivity index (χ3n) is 3.00. The van der Waals surface area contributed by atoms with Gasteiger partial charge in [-0.2, -0.15) is 0 Å². The number of hydrogen-bond donors (Lipinski definition) is 4. The predicted octanol–water partition coefficient (Wildman–Crippen LogP) is 1.58. The number of rotatable bonds is 9. The monoisotopic (exact) mass is 323 g/mol. The number of benzene rings is 1. The first kappa shape index (κ1) is 18.3. The number of carbonyl (C=O) groups is 3. The van der Waals surface area contributed by atoms with Crippen LogP contribution in [0.5, 0.6) is 0 Å². The van der Waals surface area contributed by atoms with Gasteiger partial charge in [0.15, 0.2) is 0 Å². The topological polar surface area (TPSA) is 119 Å². The highest BCUT2D eigenvalue weighted by atomic mass is 16.4. The summed E-state index contributed by atoms with van der Waals surface area (Å²) in [4.78, 5) is 34.7. The van der Waals surface area contributed by atoms with Gasteiger partial charge in [-0.3, -0.25) is 9.59 Å². The number of amides is 2. The Morgan fingerprint density at radius 2 is 1.70 bits per heavy atom. The van der Waals surface area contributed by atoms with E-state index < -0.39 is 11.9 Å². The minimum Gasteiger partial charge on any atom is -0.481 e. The van der Waals surface area contributed by atoms with Crippen molar-refractivity contribution in [1.29, 1.82) is 0 Å². The molecule has 0 saturated heterocycles. The Kier molecular flexibility index (Phi) is 7.38. The van der Waals surface area contributed by atoms with Crippen LogP contribution in [0.2, 0.25) is 0 Å². The van der Waals surface area contributed by atoms with E-state index in [0.29, 0.717) is 17.9 Å². The summed E-state index contributed by atoms with van der Waals surface area (Å²) in [5, 5.41) is 22.9. The minimum absolute atomic E-state index is 0.104. The van der Waals surface area contributed by atoms with Crippen LogP contribution in [-0.2, 0) is 9.59 Å². The van der Waals surface area contributed by atoms with Crippen molar-refractivity contribution in [2.75, 3.05) is 29.9 Å². The first-order valence-electron chi connectivity index (χ1n) is 7.25. The van der Waals surface area contributed by atoms with Crippen molar-refractivity contribution in [3.05, 3.63) is 24.3 Å². The molecule has 126 valence electrons. The van der Waals surface area contributed by atoms with Gasteiger partial charge in [-0.15, -0.1) is 0 Å². The van der Waals surface area contributed by atoms with Crippen LogP contribution in [0.25, 0.3) is 0 Å². The average molecular weight is 323 g/mol. The lowest BCUT2D eigenvalue weighted by Gasteiger charge is -2.24. The number of aliphatic carboxylic acids is 2. The lowest BCUT2D eigenvalue weighted by atomic mass is 10.2. The van der Waals surface area contributed by atoms with Crippen molar-refractivity contribution >= 4 is 29.3 Å². The van der Waals surface area contributed by atoms with Crippen LogP contribution in [0.15, 0.2) is 24.3 Å². The van der Waals surface area contributed by atoms with Crippen LogP contribution in [0.1, 0.15) is 19.8 Å². The van der Waals surface area contributed by atoms with Gasteiger partial charge in [0.25, 0.3) is 0 Å². The van der Waals surface area contributed by atoms with Crippen LogP contribution >= 0.6 is 0 Å². The standard InChI is InChI=1S/C15H21N3O5/c1-2-16-15(23)17-11-4-3-5-12(10-11)18(8-6-13(19)20)9-7-14(21)22/h3-5,10H,2,6-9H2,1H3,(H,19,20)(H,21,22)(H2,16,17,23).